The van der Waals surface area contributed by atoms with Gasteiger partial charge in [0.25, 0.3) is 0 Å². The van der Waals surface area contributed by atoms with Gasteiger partial charge in [0.05, 0.1) is 5.41 Å². The molecule has 0 fully saturated rings. The van der Waals surface area contributed by atoms with Gasteiger partial charge in [-0.25, -0.2) is 0 Å². The Balaban J connectivity index is 1.87. The van der Waals surface area contributed by atoms with Crippen LogP contribution < -0.4 is 0 Å². The third-order valence-electron chi connectivity index (χ3n) is 6.86. The zero-order valence-corrected chi connectivity index (χ0v) is 18.4. The lowest BCUT2D eigenvalue weighted by Gasteiger charge is -2.34. The highest BCUT2D eigenvalue weighted by molar-refractivity contribution is 5.88. The maximum atomic E-state index is 2.50. The number of rotatable bonds is 6. The smallest absolute Gasteiger partial charge is 0.0713 e. The second kappa shape index (κ2) is 8.17. The van der Waals surface area contributed by atoms with Crippen molar-refractivity contribution in [3.05, 3.63) is 131 Å². The molecule has 0 unspecified atom stereocenters. The van der Waals surface area contributed by atoms with Crippen LogP contribution in [0.25, 0.3) is 11.1 Å². The minimum Gasteiger partial charge on any atom is -0.300 e. The molecule has 0 atom stereocenters. The standard InChI is InChI=1S/C30H29N/c1-3-31(4-2)22-23-14-13-21-28-29(23)26-19-11-12-20-27(26)30(28,24-15-7-5-8-16-24)25-17-9-6-10-18-25/h5-21H,3-4,22H2,1-2H3. The summed E-state index contributed by atoms with van der Waals surface area (Å²) in [4.78, 5) is 2.50. The van der Waals surface area contributed by atoms with Crippen molar-refractivity contribution in [1.82, 2.24) is 4.90 Å². The molecular formula is C30H29N. The van der Waals surface area contributed by atoms with Gasteiger partial charge in [-0.3, -0.25) is 4.90 Å². The summed E-state index contributed by atoms with van der Waals surface area (Å²) in [5.41, 5.74) is 9.34. The lowest BCUT2D eigenvalue weighted by Crippen LogP contribution is -2.28. The Morgan fingerprint density at radius 1 is 0.581 bits per heavy atom. The van der Waals surface area contributed by atoms with Crippen molar-refractivity contribution < 1.29 is 0 Å². The van der Waals surface area contributed by atoms with E-state index in [1.165, 1.54) is 38.9 Å². The third-order valence-corrected chi connectivity index (χ3v) is 6.86. The molecule has 1 aliphatic rings. The van der Waals surface area contributed by atoms with Crippen LogP contribution in [0.2, 0.25) is 0 Å². The molecule has 0 bridgehead atoms. The fourth-order valence-corrected chi connectivity index (χ4v) is 5.39. The van der Waals surface area contributed by atoms with Crippen molar-refractivity contribution in [2.45, 2.75) is 25.8 Å². The van der Waals surface area contributed by atoms with Crippen LogP contribution in [0.15, 0.2) is 103 Å². The molecule has 0 heterocycles. The van der Waals surface area contributed by atoms with Gasteiger partial charge in [0.1, 0.15) is 0 Å². The van der Waals surface area contributed by atoms with E-state index in [0.29, 0.717) is 0 Å². The monoisotopic (exact) mass is 403 g/mol. The molecular weight excluding hydrogens is 374 g/mol. The second-order valence-electron chi connectivity index (χ2n) is 8.33. The van der Waals surface area contributed by atoms with E-state index < -0.39 is 0 Å². The van der Waals surface area contributed by atoms with Crippen LogP contribution >= 0.6 is 0 Å². The molecule has 1 aliphatic carbocycles. The van der Waals surface area contributed by atoms with Crippen LogP contribution in [0.4, 0.5) is 0 Å². The Kier molecular flexibility index (Phi) is 5.21. The highest BCUT2D eigenvalue weighted by atomic mass is 15.1. The van der Waals surface area contributed by atoms with Crippen molar-refractivity contribution in [1.29, 1.82) is 0 Å². The first kappa shape index (κ1) is 19.8. The minimum atomic E-state index is -0.298. The summed E-state index contributed by atoms with van der Waals surface area (Å²) >= 11 is 0. The first-order valence-electron chi connectivity index (χ1n) is 11.4. The third kappa shape index (κ3) is 3.04. The Hall–Kier alpha value is -3.16. The van der Waals surface area contributed by atoms with Gasteiger partial charge < -0.3 is 0 Å². The quantitative estimate of drug-likeness (QED) is 0.298. The van der Waals surface area contributed by atoms with Crippen LogP contribution in [0.3, 0.4) is 0 Å². The largest absolute Gasteiger partial charge is 0.300 e. The molecule has 1 nitrogen and oxygen atoms in total. The van der Waals surface area contributed by atoms with Gasteiger partial charge >= 0.3 is 0 Å². The molecule has 0 saturated heterocycles. The molecule has 31 heavy (non-hydrogen) atoms. The van der Waals surface area contributed by atoms with Crippen molar-refractivity contribution in [3.63, 3.8) is 0 Å². The molecule has 0 amide bonds. The maximum Gasteiger partial charge on any atom is 0.0713 e. The minimum absolute atomic E-state index is 0.298. The van der Waals surface area contributed by atoms with Gasteiger partial charge in [0.2, 0.25) is 0 Å². The molecule has 0 aromatic heterocycles. The molecule has 0 aliphatic heterocycles. The van der Waals surface area contributed by atoms with Crippen LogP contribution in [0, 0.1) is 0 Å². The van der Waals surface area contributed by atoms with Crippen LogP contribution in [0.1, 0.15) is 41.7 Å². The van der Waals surface area contributed by atoms with Gasteiger partial charge in [0.15, 0.2) is 0 Å². The molecule has 1 heteroatoms. The molecule has 4 aromatic rings. The first-order valence-corrected chi connectivity index (χ1v) is 11.4. The summed E-state index contributed by atoms with van der Waals surface area (Å²) in [6.07, 6.45) is 0. The van der Waals surface area contributed by atoms with Crippen LogP contribution in [-0.2, 0) is 12.0 Å². The number of nitrogens with zero attached hydrogens (tertiary/aromatic N) is 1. The number of benzene rings is 4. The predicted molar refractivity (Wildman–Crippen MR) is 130 cm³/mol. The number of fused-ring (bicyclic) bond motifs is 3. The Labute approximate surface area is 186 Å². The summed E-state index contributed by atoms with van der Waals surface area (Å²) in [6, 6.07) is 38.0. The van der Waals surface area contributed by atoms with E-state index in [1.54, 1.807) is 0 Å². The van der Waals surface area contributed by atoms with E-state index in [2.05, 4.69) is 122 Å². The zero-order valence-electron chi connectivity index (χ0n) is 18.4. The Morgan fingerprint density at radius 3 is 1.74 bits per heavy atom. The SMILES string of the molecule is CCN(CC)Cc1cccc2c1-c1ccccc1C2(c1ccccc1)c1ccccc1. The molecule has 5 rings (SSSR count). The molecule has 154 valence electrons. The van der Waals surface area contributed by atoms with Gasteiger partial charge in [-0.2, -0.15) is 0 Å². The van der Waals surface area contributed by atoms with Crippen molar-refractivity contribution in [2.24, 2.45) is 0 Å². The second-order valence-corrected chi connectivity index (χ2v) is 8.33. The molecule has 0 radical (unpaired) electrons. The van der Waals surface area contributed by atoms with Crippen molar-refractivity contribution in [2.75, 3.05) is 13.1 Å². The summed E-state index contributed by atoms with van der Waals surface area (Å²) in [7, 11) is 0. The van der Waals surface area contributed by atoms with E-state index in [4.69, 9.17) is 0 Å². The highest BCUT2D eigenvalue weighted by Gasteiger charge is 2.46. The molecule has 0 N–H and O–H groups in total. The number of hydrogen-bond donors (Lipinski definition) is 0. The summed E-state index contributed by atoms with van der Waals surface area (Å²) in [6.45, 7) is 7.59. The van der Waals surface area contributed by atoms with Crippen LogP contribution in [0.5, 0.6) is 0 Å². The fourth-order valence-electron chi connectivity index (χ4n) is 5.39. The normalized spacial score (nSPS) is 13.8. The van der Waals surface area contributed by atoms with Gasteiger partial charge in [0, 0.05) is 6.54 Å². The van der Waals surface area contributed by atoms with E-state index in [-0.39, 0.29) is 5.41 Å². The lowest BCUT2D eigenvalue weighted by atomic mass is 9.67. The van der Waals surface area contributed by atoms with Gasteiger partial charge in [-0.1, -0.05) is 117 Å². The molecule has 0 saturated carbocycles. The van der Waals surface area contributed by atoms with E-state index in [9.17, 15) is 0 Å². The maximum absolute atomic E-state index is 2.50. The molecule has 0 spiro atoms. The average molecular weight is 404 g/mol. The fraction of sp³-hybridized carbons (Fsp3) is 0.200. The Bertz CT molecular complexity index is 1130. The summed E-state index contributed by atoms with van der Waals surface area (Å²) < 4.78 is 0. The van der Waals surface area contributed by atoms with E-state index in [1.807, 2.05) is 0 Å². The zero-order chi connectivity index (χ0) is 21.3. The number of hydrogen-bond acceptors (Lipinski definition) is 1. The van der Waals surface area contributed by atoms with Crippen molar-refractivity contribution in [3.8, 4) is 11.1 Å². The topological polar surface area (TPSA) is 3.24 Å². The Morgan fingerprint density at radius 2 is 1.13 bits per heavy atom. The predicted octanol–water partition coefficient (Wildman–Crippen LogP) is 6.89. The molecule has 4 aromatic carbocycles. The van der Waals surface area contributed by atoms with Crippen molar-refractivity contribution >= 4 is 0 Å². The van der Waals surface area contributed by atoms with Gasteiger partial charge in [-0.05, 0) is 52.0 Å². The summed E-state index contributed by atoms with van der Waals surface area (Å²) in [5.74, 6) is 0. The average Bonchev–Trinajstić information content (AvgIpc) is 3.15. The summed E-state index contributed by atoms with van der Waals surface area (Å²) in [5, 5.41) is 0. The first-order chi connectivity index (χ1) is 15.3. The lowest BCUT2D eigenvalue weighted by molar-refractivity contribution is 0.296. The van der Waals surface area contributed by atoms with E-state index >= 15 is 0 Å². The van der Waals surface area contributed by atoms with E-state index in [0.717, 1.165) is 19.6 Å². The highest BCUT2D eigenvalue weighted by Crippen LogP contribution is 2.56. The van der Waals surface area contributed by atoms with Gasteiger partial charge in [-0.15, -0.1) is 0 Å². The van der Waals surface area contributed by atoms with Crippen LogP contribution in [-0.4, -0.2) is 18.0 Å².